The maximum absolute atomic E-state index is 14.1. The summed E-state index contributed by atoms with van der Waals surface area (Å²) in [5.41, 5.74) is -2.93. The molecule has 0 spiro atoms. The third kappa shape index (κ3) is 4.35. The molecule has 1 aromatic heterocycles. The zero-order valence-electron chi connectivity index (χ0n) is 12.4. The van der Waals surface area contributed by atoms with Crippen molar-refractivity contribution in [2.24, 2.45) is 0 Å². The first-order valence-electron chi connectivity index (χ1n) is 6.46. The summed E-state index contributed by atoms with van der Waals surface area (Å²) in [5, 5.41) is 9.15. The minimum atomic E-state index is -3.12. The Hall–Kier alpha value is -0.350. The van der Waals surface area contributed by atoms with Crippen LogP contribution in [-0.4, -0.2) is 32.4 Å². The standard InChI is InChI=1S/C13H18BrF3N2O2S/c1-12(2,3)22(21)19-13(6-7-20,11(16)17)10-8(15)4-5-9(14)18-10/h4-5,11,19-20H,6-7H2,1-3H3. The molecule has 1 heterocycles. The number of aromatic nitrogens is 1. The summed E-state index contributed by atoms with van der Waals surface area (Å²) < 4.78 is 55.4. The van der Waals surface area contributed by atoms with Crippen LogP contribution >= 0.6 is 15.9 Å². The van der Waals surface area contributed by atoms with Crippen LogP contribution in [0.2, 0.25) is 0 Å². The summed E-state index contributed by atoms with van der Waals surface area (Å²) in [5.74, 6) is -0.963. The van der Waals surface area contributed by atoms with Gasteiger partial charge in [-0.15, -0.1) is 4.72 Å². The molecule has 0 saturated carbocycles. The number of nitrogens with zero attached hydrogens (tertiary/aromatic N) is 1. The van der Waals surface area contributed by atoms with Gasteiger partial charge in [-0.2, -0.15) is 0 Å². The van der Waals surface area contributed by atoms with Crippen molar-refractivity contribution >= 4 is 27.3 Å². The second-order valence-electron chi connectivity index (χ2n) is 5.69. The van der Waals surface area contributed by atoms with Crippen molar-refractivity contribution in [1.82, 2.24) is 9.71 Å². The van der Waals surface area contributed by atoms with Gasteiger partial charge in [0.25, 0.3) is 6.43 Å². The number of halogens is 4. The van der Waals surface area contributed by atoms with E-state index in [2.05, 4.69) is 25.6 Å². The van der Waals surface area contributed by atoms with Crippen molar-refractivity contribution in [1.29, 1.82) is 0 Å². The number of nitrogens with one attached hydrogen (secondary N) is 1. The van der Waals surface area contributed by atoms with E-state index in [0.717, 1.165) is 6.07 Å². The second-order valence-corrected chi connectivity index (χ2v) is 8.47. The molecule has 126 valence electrons. The normalized spacial score (nSPS) is 16.6. The Balaban J connectivity index is 3.41. The Kier molecular flexibility index (Phi) is 6.70. The highest BCUT2D eigenvalue weighted by Crippen LogP contribution is 2.35. The number of pyridine rings is 1. The quantitative estimate of drug-likeness (QED) is 0.566. The molecule has 0 radical (unpaired) electrons. The molecule has 0 bridgehead atoms. The zero-order valence-corrected chi connectivity index (χ0v) is 14.8. The van der Waals surface area contributed by atoms with Gasteiger partial charge in [0.2, 0.25) is 0 Å². The number of aliphatic hydroxyl groups excluding tert-OH is 1. The van der Waals surface area contributed by atoms with Crippen LogP contribution in [0.4, 0.5) is 13.2 Å². The molecule has 4 nitrogen and oxygen atoms in total. The zero-order chi connectivity index (χ0) is 17.1. The monoisotopic (exact) mass is 402 g/mol. The molecule has 2 unspecified atom stereocenters. The highest BCUT2D eigenvalue weighted by Gasteiger charge is 2.50. The molecule has 2 N–H and O–H groups in total. The SMILES string of the molecule is CC(C)(C)[S+]([O-])NC(CCO)(c1nc(Br)ccc1F)C(F)F. The number of aliphatic hydroxyl groups is 1. The average molecular weight is 403 g/mol. The summed E-state index contributed by atoms with van der Waals surface area (Å²) in [6.07, 6.45) is -3.66. The summed E-state index contributed by atoms with van der Waals surface area (Å²) >= 11 is 1.10. The molecular formula is C13H18BrF3N2O2S. The summed E-state index contributed by atoms with van der Waals surface area (Å²) in [4.78, 5) is 3.77. The Morgan fingerprint density at radius 3 is 2.45 bits per heavy atom. The molecule has 0 aliphatic carbocycles. The summed E-state index contributed by atoms with van der Waals surface area (Å²) in [6.45, 7) is 4.13. The van der Waals surface area contributed by atoms with E-state index in [1.165, 1.54) is 6.07 Å². The predicted molar refractivity (Wildman–Crippen MR) is 82.3 cm³/mol. The van der Waals surface area contributed by atoms with Crippen molar-refractivity contribution in [3.8, 4) is 0 Å². The molecule has 22 heavy (non-hydrogen) atoms. The van der Waals surface area contributed by atoms with Crippen molar-refractivity contribution < 1.29 is 22.8 Å². The highest BCUT2D eigenvalue weighted by molar-refractivity contribution is 9.10. The Morgan fingerprint density at radius 1 is 1.41 bits per heavy atom. The van der Waals surface area contributed by atoms with E-state index >= 15 is 0 Å². The fraction of sp³-hybridized carbons (Fsp3) is 0.615. The molecule has 0 aromatic carbocycles. The number of hydrogen-bond acceptors (Lipinski definition) is 4. The van der Waals surface area contributed by atoms with Gasteiger partial charge in [-0.25, -0.2) is 18.2 Å². The maximum Gasteiger partial charge on any atom is 0.266 e. The van der Waals surface area contributed by atoms with Crippen LogP contribution < -0.4 is 4.72 Å². The van der Waals surface area contributed by atoms with Crippen LogP contribution in [0, 0.1) is 5.82 Å². The predicted octanol–water partition coefficient (Wildman–Crippen LogP) is 2.88. The highest BCUT2D eigenvalue weighted by atomic mass is 79.9. The number of rotatable bonds is 6. The first-order chi connectivity index (χ1) is 10.0. The third-order valence-corrected chi connectivity index (χ3v) is 5.05. The van der Waals surface area contributed by atoms with Gasteiger partial charge in [0.15, 0.2) is 5.54 Å². The van der Waals surface area contributed by atoms with Crippen molar-refractivity contribution in [2.45, 2.75) is 43.9 Å². The van der Waals surface area contributed by atoms with Crippen LogP contribution in [0.15, 0.2) is 16.7 Å². The first kappa shape index (κ1) is 19.7. The van der Waals surface area contributed by atoms with Gasteiger partial charge < -0.3 is 9.66 Å². The molecule has 1 rings (SSSR count). The molecule has 9 heteroatoms. The fourth-order valence-electron chi connectivity index (χ4n) is 1.70. The molecular weight excluding hydrogens is 385 g/mol. The lowest BCUT2D eigenvalue weighted by Crippen LogP contribution is -2.56. The van der Waals surface area contributed by atoms with Crippen LogP contribution in [-0.2, 0) is 16.9 Å². The fourth-order valence-corrected chi connectivity index (χ4v) is 2.94. The lowest BCUT2D eigenvalue weighted by Gasteiger charge is -2.36. The second kappa shape index (κ2) is 7.48. The van der Waals surface area contributed by atoms with E-state index in [4.69, 9.17) is 5.11 Å². The van der Waals surface area contributed by atoms with E-state index in [-0.39, 0.29) is 4.60 Å². The van der Waals surface area contributed by atoms with Gasteiger partial charge in [0, 0.05) is 24.4 Å². The molecule has 0 amide bonds. The smallest absolute Gasteiger partial charge is 0.266 e. The molecule has 0 aliphatic rings. The van der Waals surface area contributed by atoms with E-state index in [9.17, 15) is 17.7 Å². The minimum absolute atomic E-state index is 0.162. The number of alkyl halides is 2. The van der Waals surface area contributed by atoms with Crippen LogP contribution in [0.5, 0.6) is 0 Å². The van der Waals surface area contributed by atoms with Crippen LogP contribution in [0.3, 0.4) is 0 Å². The molecule has 1 aromatic rings. The third-order valence-electron chi connectivity index (χ3n) is 2.94. The maximum atomic E-state index is 14.1. The molecule has 2 atom stereocenters. The van der Waals surface area contributed by atoms with Gasteiger partial charge in [-0.3, -0.25) is 0 Å². The lowest BCUT2D eigenvalue weighted by atomic mass is 9.92. The van der Waals surface area contributed by atoms with Crippen molar-refractivity contribution in [2.75, 3.05) is 6.61 Å². The van der Waals surface area contributed by atoms with Crippen LogP contribution in [0.1, 0.15) is 32.9 Å². The van der Waals surface area contributed by atoms with Gasteiger partial charge in [0.05, 0.1) is 0 Å². The largest absolute Gasteiger partial charge is 0.598 e. The van der Waals surface area contributed by atoms with E-state index in [0.29, 0.717) is 0 Å². The molecule has 0 aliphatic heterocycles. The van der Waals surface area contributed by atoms with Crippen molar-refractivity contribution in [3.05, 3.63) is 28.2 Å². The summed E-state index contributed by atoms with van der Waals surface area (Å²) in [6, 6.07) is 2.26. The van der Waals surface area contributed by atoms with Crippen LogP contribution in [0.25, 0.3) is 0 Å². The minimum Gasteiger partial charge on any atom is -0.598 e. The Bertz CT molecular complexity index is 517. The molecule has 0 saturated heterocycles. The van der Waals surface area contributed by atoms with Crippen molar-refractivity contribution in [3.63, 3.8) is 0 Å². The van der Waals surface area contributed by atoms with E-state index in [1.807, 2.05) is 0 Å². The molecule has 0 fully saturated rings. The van der Waals surface area contributed by atoms with Gasteiger partial charge in [-0.05, 0) is 48.8 Å². The summed E-state index contributed by atoms with van der Waals surface area (Å²) in [7, 11) is 0. The Labute approximate surface area is 139 Å². The van der Waals surface area contributed by atoms with E-state index < -0.39 is 52.6 Å². The van der Waals surface area contributed by atoms with Gasteiger partial charge >= 0.3 is 0 Å². The lowest BCUT2D eigenvalue weighted by molar-refractivity contribution is 0.0202. The average Bonchev–Trinajstić information content (AvgIpc) is 2.39. The van der Waals surface area contributed by atoms with E-state index in [1.54, 1.807) is 20.8 Å². The topological polar surface area (TPSA) is 68.2 Å². The Morgan fingerprint density at radius 2 is 2.00 bits per heavy atom. The number of hydrogen-bond donors (Lipinski definition) is 2. The first-order valence-corrected chi connectivity index (χ1v) is 8.40. The van der Waals surface area contributed by atoms with Gasteiger partial charge in [-0.1, -0.05) is 0 Å². The van der Waals surface area contributed by atoms with Gasteiger partial charge in [0.1, 0.15) is 20.9 Å².